The first kappa shape index (κ1) is 14.9. The molecule has 0 saturated carbocycles. The standard InChI is InChI=1S/C14H15FN4O2S/c1-10-7-12(4-5-13(10)15)22(20,21)19-8-11(9-19)17-14-3-2-6-16-18-14/h2-7,11H,8-9H2,1H3,(H,17,18). The predicted octanol–water partition coefficient (Wildman–Crippen LogP) is 1.41. The van der Waals surface area contributed by atoms with Crippen LogP contribution in [-0.2, 0) is 10.0 Å². The van der Waals surface area contributed by atoms with Gasteiger partial charge in [0, 0.05) is 19.3 Å². The van der Waals surface area contributed by atoms with Gasteiger partial charge in [0.2, 0.25) is 10.0 Å². The molecular weight excluding hydrogens is 307 g/mol. The van der Waals surface area contributed by atoms with Crippen molar-refractivity contribution in [3.8, 4) is 0 Å². The average molecular weight is 322 g/mol. The summed E-state index contributed by atoms with van der Waals surface area (Å²) >= 11 is 0. The molecule has 0 radical (unpaired) electrons. The summed E-state index contributed by atoms with van der Waals surface area (Å²) in [7, 11) is -3.58. The number of halogens is 1. The van der Waals surface area contributed by atoms with Gasteiger partial charge < -0.3 is 5.32 Å². The summed E-state index contributed by atoms with van der Waals surface area (Å²) in [4.78, 5) is 0.115. The van der Waals surface area contributed by atoms with Gasteiger partial charge in [0.1, 0.15) is 11.6 Å². The van der Waals surface area contributed by atoms with E-state index in [-0.39, 0.29) is 10.9 Å². The van der Waals surface area contributed by atoms with Crippen LogP contribution in [0.2, 0.25) is 0 Å². The van der Waals surface area contributed by atoms with Crippen molar-refractivity contribution in [3.05, 3.63) is 47.9 Å². The molecule has 6 nitrogen and oxygen atoms in total. The van der Waals surface area contributed by atoms with Gasteiger partial charge in [-0.15, -0.1) is 5.10 Å². The molecule has 1 aromatic carbocycles. The highest BCUT2D eigenvalue weighted by Crippen LogP contribution is 2.24. The van der Waals surface area contributed by atoms with Crippen LogP contribution in [0.4, 0.5) is 10.2 Å². The lowest BCUT2D eigenvalue weighted by Gasteiger charge is -2.38. The van der Waals surface area contributed by atoms with Crippen molar-refractivity contribution in [3.63, 3.8) is 0 Å². The Kier molecular flexibility index (Phi) is 3.79. The second-order valence-corrected chi connectivity index (χ2v) is 7.12. The van der Waals surface area contributed by atoms with Gasteiger partial charge in [0.15, 0.2) is 0 Å². The van der Waals surface area contributed by atoms with E-state index in [0.29, 0.717) is 24.5 Å². The number of nitrogens with one attached hydrogen (secondary N) is 1. The Morgan fingerprint density at radius 1 is 1.32 bits per heavy atom. The lowest BCUT2D eigenvalue weighted by molar-refractivity contribution is 0.280. The van der Waals surface area contributed by atoms with Crippen molar-refractivity contribution in [2.45, 2.75) is 17.9 Å². The van der Waals surface area contributed by atoms with Gasteiger partial charge in [0.25, 0.3) is 0 Å². The number of hydrogen-bond donors (Lipinski definition) is 1. The molecule has 0 unspecified atom stereocenters. The van der Waals surface area contributed by atoms with E-state index < -0.39 is 15.8 Å². The molecule has 0 bridgehead atoms. The Morgan fingerprint density at radius 3 is 2.73 bits per heavy atom. The molecule has 0 amide bonds. The van der Waals surface area contributed by atoms with Crippen LogP contribution >= 0.6 is 0 Å². The van der Waals surface area contributed by atoms with Crippen LogP contribution in [0.1, 0.15) is 5.56 Å². The summed E-state index contributed by atoms with van der Waals surface area (Å²) in [5.41, 5.74) is 0.316. The second-order valence-electron chi connectivity index (χ2n) is 5.18. The quantitative estimate of drug-likeness (QED) is 0.921. The summed E-state index contributed by atoms with van der Waals surface area (Å²) in [6.07, 6.45) is 1.57. The predicted molar refractivity (Wildman–Crippen MR) is 79.3 cm³/mol. The molecule has 2 heterocycles. The maximum absolute atomic E-state index is 13.3. The number of hydrogen-bond acceptors (Lipinski definition) is 5. The summed E-state index contributed by atoms with van der Waals surface area (Å²) in [6, 6.07) is 7.34. The molecule has 1 aliphatic rings. The number of aryl methyl sites for hydroxylation is 1. The van der Waals surface area contributed by atoms with E-state index in [4.69, 9.17) is 0 Å². The van der Waals surface area contributed by atoms with E-state index >= 15 is 0 Å². The van der Waals surface area contributed by atoms with Gasteiger partial charge in [-0.2, -0.15) is 9.40 Å². The zero-order valence-corrected chi connectivity index (χ0v) is 12.7. The van der Waals surface area contributed by atoms with Gasteiger partial charge in [-0.05, 0) is 42.8 Å². The third kappa shape index (κ3) is 2.79. The lowest BCUT2D eigenvalue weighted by atomic mass is 10.2. The highest BCUT2D eigenvalue weighted by atomic mass is 32.2. The fourth-order valence-corrected chi connectivity index (χ4v) is 3.86. The first-order valence-electron chi connectivity index (χ1n) is 6.77. The SMILES string of the molecule is Cc1cc(S(=O)(=O)N2CC(Nc3cccnn3)C2)ccc1F. The molecule has 116 valence electrons. The average Bonchev–Trinajstić information content (AvgIpc) is 2.46. The highest BCUT2D eigenvalue weighted by Gasteiger charge is 2.37. The van der Waals surface area contributed by atoms with Crippen molar-refractivity contribution >= 4 is 15.8 Å². The van der Waals surface area contributed by atoms with Crippen molar-refractivity contribution in [2.24, 2.45) is 0 Å². The molecule has 1 aliphatic heterocycles. The number of nitrogens with zero attached hydrogens (tertiary/aromatic N) is 3. The first-order chi connectivity index (χ1) is 10.5. The van der Waals surface area contributed by atoms with E-state index in [1.54, 1.807) is 25.3 Å². The number of benzene rings is 1. The van der Waals surface area contributed by atoms with Gasteiger partial charge in [0.05, 0.1) is 10.9 Å². The molecule has 0 spiro atoms. The van der Waals surface area contributed by atoms with Gasteiger partial charge >= 0.3 is 0 Å². The minimum absolute atomic E-state index is 0.00646. The lowest BCUT2D eigenvalue weighted by Crippen LogP contribution is -2.56. The Bertz CT molecular complexity index is 777. The van der Waals surface area contributed by atoms with Crippen molar-refractivity contribution in [1.29, 1.82) is 0 Å². The van der Waals surface area contributed by atoms with E-state index in [1.807, 2.05) is 0 Å². The molecular formula is C14H15FN4O2S. The Balaban J connectivity index is 1.67. The number of sulfonamides is 1. The molecule has 1 N–H and O–H groups in total. The Hall–Kier alpha value is -2.06. The monoisotopic (exact) mass is 322 g/mol. The summed E-state index contributed by atoms with van der Waals surface area (Å²) < 4.78 is 39.5. The van der Waals surface area contributed by atoms with Gasteiger partial charge in [-0.25, -0.2) is 12.8 Å². The topological polar surface area (TPSA) is 75.2 Å². The first-order valence-corrected chi connectivity index (χ1v) is 8.21. The number of rotatable bonds is 4. The third-order valence-corrected chi connectivity index (χ3v) is 5.37. The Morgan fingerprint density at radius 2 is 2.09 bits per heavy atom. The minimum Gasteiger partial charge on any atom is -0.363 e. The largest absolute Gasteiger partial charge is 0.363 e. The fraction of sp³-hybridized carbons (Fsp3) is 0.286. The van der Waals surface area contributed by atoms with Crippen molar-refractivity contribution in [1.82, 2.24) is 14.5 Å². The fourth-order valence-electron chi connectivity index (χ4n) is 2.24. The maximum Gasteiger partial charge on any atom is 0.243 e. The second kappa shape index (κ2) is 5.62. The van der Waals surface area contributed by atoms with E-state index in [2.05, 4.69) is 15.5 Å². The molecule has 1 aromatic heterocycles. The van der Waals surface area contributed by atoms with E-state index in [0.717, 1.165) is 0 Å². The van der Waals surface area contributed by atoms with Crippen LogP contribution < -0.4 is 5.32 Å². The zero-order chi connectivity index (χ0) is 15.7. The van der Waals surface area contributed by atoms with Crippen LogP contribution in [-0.4, -0.2) is 42.1 Å². The molecule has 0 atom stereocenters. The van der Waals surface area contributed by atoms with Crippen LogP contribution in [0.5, 0.6) is 0 Å². The maximum atomic E-state index is 13.3. The normalized spacial score (nSPS) is 16.3. The Labute approximate surface area is 128 Å². The summed E-state index contributed by atoms with van der Waals surface area (Å²) in [6.45, 7) is 2.23. The number of aromatic nitrogens is 2. The van der Waals surface area contributed by atoms with Crippen LogP contribution in [0.3, 0.4) is 0 Å². The van der Waals surface area contributed by atoms with Gasteiger partial charge in [-0.3, -0.25) is 0 Å². The van der Waals surface area contributed by atoms with E-state index in [1.165, 1.54) is 22.5 Å². The summed E-state index contributed by atoms with van der Waals surface area (Å²) in [5, 5.41) is 10.8. The molecule has 0 aliphatic carbocycles. The molecule has 3 rings (SSSR count). The number of anilines is 1. The van der Waals surface area contributed by atoms with Crippen molar-refractivity contribution < 1.29 is 12.8 Å². The van der Waals surface area contributed by atoms with Crippen LogP contribution in [0.25, 0.3) is 0 Å². The molecule has 8 heteroatoms. The highest BCUT2D eigenvalue weighted by molar-refractivity contribution is 7.89. The molecule has 1 saturated heterocycles. The van der Waals surface area contributed by atoms with Crippen LogP contribution in [0, 0.1) is 12.7 Å². The van der Waals surface area contributed by atoms with Crippen molar-refractivity contribution in [2.75, 3.05) is 18.4 Å². The molecule has 22 heavy (non-hydrogen) atoms. The smallest absolute Gasteiger partial charge is 0.243 e. The molecule has 2 aromatic rings. The summed E-state index contributed by atoms with van der Waals surface area (Å²) in [5.74, 6) is 0.201. The van der Waals surface area contributed by atoms with E-state index in [9.17, 15) is 12.8 Å². The zero-order valence-electron chi connectivity index (χ0n) is 11.9. The third-order valence-electron chi connectivity index (χ3n) is 3.54. The molecule has 1 fully saturated rings. The van der Waals surface area contributed by atoms with Crippen LogP contribution in [0.15, 0.2) is 41.4 Å². The minimum atomic E-state index is -3.58. The van der Waals surface area contributed by atoms with Gasteiger partial charge in [-0.1, -0.05) is 0 Å².